The molecule has 1 heterocycles. The highest BCUT2D eigenvalue weighted by molar-refractivity contribution is 7.90. The Balaban J connectivity index is 1.83. The molecule has 3 rings (SSSR count). The minimum absolute atomic E-state index is 0.0131. The fourth-order valence-electron chi connectivity index (χ4n) is 3.87. The van der Waals surface area contributed by atoms with E-state index in [4.69, 9.17) is 4.74 Å². The molecule has 1 fully saturated rings. The van der Waals surface area contributed by atoms with Gasteiger partial charge in [-0.1, -0.05) is 0 Å². The number of ether oxygens (including phenoxy) is 1. The number of carbonyl (C=O) groups is 2. The fraction of sp³-hybridized carbons (Fsp3) is 0.417. The van der Waals surface area contributed by atoms with Crippen molar-refractivity contribution >= 4 is 27.2 Å². The molecule has 1 amide bonds. The lowest BCUT2D eigenvalue weighted by Crippen LogP contribution is -2.49. The second-order valence-corrected chi connectivity index (χ2v) is 10.7. The number of piperazine rings is 1. The molecule has 2 aromatic rings. The normalized spacial score (nSPS) is 14.9. The van der Waals surface area contributed by atoms with Crippen LogP contribution in [0.1, 0.15) is 47.1 Å². The van der Waals surface area contributed by atoms with Gasteiger partial charge in [-0.05, 0) is 57.2 Å². The smallest absolute Gasteiger partial charge is 0.417 e. The number of benzene rings is 2. The minimum atomic E-state index is -4.67. The van der Waals surface area contributed by atoms with Crippen molar-refractivity contribution in [2.45, 2.75) is 37.9 Å². The summed E-state index contributed by atoms with van der Waals surface area (Å²) in [5.41, 5.74) is -0.967. The Morgan fingerprint density at radius 2 is 1.60 bits per heavy atom. The Bertz CT molecular complexity index is 1230. The molecule has 0 unspecified atom stereocenters. The molecule has 7 nitrogen and oxygen atoms in total. The van der Waals surface area contributed by atoms with Crippen LogP contribution in [-0.4, -0.2) is 63.5 Å². The van der Waals surface area contributed by atoms with Gasteiger partial charge < -0.3 is 14.5 Å². The van der Waals surface area contributed by atoms with Crippen LogP contribution in [-0.2, 0) is 16.0 Å². The summed E-state index contributed by atoms with van der Waals surface area (Å²) in [6.45, 7) is 5.58. The summed E-state index contributed by atoms with van der Waals surface area (Å²) in [5.74, 6) is -0.835. The molecular weight excluding hydrogens is 485 g/mol. The van der Waals surface area contributed by atoms with E-state index in [1.807, 2.05) is 0 Å². The van der Waals surface area contributed by atoms with Crippen LogP contribution in [0.4, 0.5) is 18.9 Å². The lowest BCUT2D eigenvalue weighted by atomic mass is 10.0. The molecule has 35 heavy (non-hydrogen) atoms. The van der Waals surface area contributed by atoms with Crippen molar-refractivity contribution in [2.75, 3.05) is 37.3 Å². The van der Waals surface area contributed by atoms with Gasteiger partial charge in [-0.15, -0.1) is 0 Å². The van der Waals surface area contributed by atoms with E-state index in [0.29, 0.717) is 5.69 Å². The Labute approximate surface area is 202 Å². The Morgan fingerprint density at radius 1 is 0.971 bits per heavy atom. The molecule has 0 aliphatic carbocycles. The molecule has 190 valence electrons. The van der Waals surface area contributed by atoms with Gasteiger partial charge in [0, 0.05) is 43.7 Å². The first kappa shape index (κ1) is 26.5. The number of halogens is 3. The molecular formula is C24H27F3N2O5S. The number of amides is 1. The molecule has 1 aliphatic heterocycles. The molecule has 1 aliphatic rings. The van der Waals surface area contributed by atoms with E-state index >= 15 is 0 Å². The third kappa shape index (κ3) is 6.14. The van der Waals surface area contributed by atoms with Gasteiger partial charge in [-0.2, -0.15) is 13.2 Å². The number of hydrogen-bond donors (Lipinski definition) is 0. The van der Waals surface area contributed by atoms with E-state index in [9.17, 15) is 31.2 Å². The fourth-order valence-corrected chi connectivity index (χ4v) is 4.52. The zero-order valence-electron chi connectivity index (χ0n) is 19.8. The van der Waals surface area contributed by atoms with Crippen LogP contribution in [0.25, 0.3) is 0 Å². The number of hydrogen-bond acceptors (Lipinski definition) is 6. The number of ketones is 1. The van der Waals surface area contributed by atoms with Gasteiger partial charge in [-0.3, -0.25) is 9.59 Å². The first-order valence-electron chi connectivity index (χ1n) is 11.0. The van der Waals surface area contributed by atoms with Gasteiger partial charge in [0.1, 0.15) is 5.75 Å². The molecule has 0 aromatic heterocycles. The molecule has 11 heteroatoms. The summed E-state index contributed by atoms with van der Waals surface area (Å²) in [6.07, 6.45) is -3.87. The molecule has 0 radical (unpaired) electrons. The summed E-state index contributed by atoms with van der Waals surface area (Å²) in [6, 6.07) is 7.72. The average Bonchev–Trinajstić information content (AvgIpc) is 2.77. The number of rotatable bonds is 6. The van der Waals surface area contributed by atoms with Gasteiger partial charge in [0.25, 0.3) is 5.91 Å². The number of alkyl halides is 3. The third-order valence-corrected chi connectivity index (χ3v) is 6.70. The van der Waals surface area contributed by atoms with E-state index in [0.717, 1.165) is 19.2 Å². The summed E-state index contributed by atoms with van der Waals surface area (Å²) in [5, 5.41) is 0. The van der Waals surface area contributed by atoms with Gasteiger partial charge in [0.2, 0.25) is 0 Å². The molecule has 0 saturated carbocycles. The SMILES string of the molecule is CC(=O)c1ccc(N2CCN(C(=O)c3cc(S(C)(=O)=O)ccc3OC(C)C)CC2)cc1C(F)(F)F. The second kappa shape index (κ2) is 9.88. The third-order valence-electron chi connectivity index (χ3n) is 5.59. The van der Waals surface area contributed by atoms with Gasteiger partial charge >= 0.3 is 6.18 Å². The van der Waals surface area contributed by atoms with Crippen LogP contribution in [0.2, 0.25) is 0 Å². The number of anilines is 1. The topological polar surface area (TPSA) is 84.0 Å². The lowest BCUT2D eigenvalue weighted by Gasteiger charge is -2.36. The average molecular weight is 513 g/mol. The van der Waals surface area contributed by atoms with E-state index < -0.39 is 38.8 Å². The molecule has 0 bridgehead atoms. The highest BCUT2D eigenvalue weighted by Crippen LogP contribution is 2.35. The Kier molecular flexibility index (Phi) is 7.49. The maximum atomic E-state index is 13.5. The lowest BCUT2D eigenvalue weighted by molar-refractivity contribution is -0.137. The van der Waals surface area contributed by atoms with Crippen molar-refractivity contribution in [3.05, 3.63) is 53.1 Å². The second-order valence-electron chi connectivity index (χ2n) is 8.66. The first-order chi connectivity index (χ1) is 16.2. The molecule has 0 atom stereocenters. The molecule has 0 spiro atoms. The van der Waals surface area contributed by atoms with Crippen molar-refractivity contribution < 1.29 is 35.9 Å². The Morgan fingerprint density at radius 3 is 2.11 bits per heavy atom. The van der Waals surface area contributed by atoms with Crippen LogP contribution in [0.15, 0.2) is 41.3 Å². The van der Waals surface area contributed by atoms with Crippen LogP contribution < -0.4 is 9.64 Å². The molecule has 1 saturated heterocycles. The number of nitrogens with zero attached hydrogens (tertiary/aromatic N) is 2. The Hall–Kier alpha value is -3.08. The van der Waals surface area contributed by atoms with Crippen molar-refractivity contribution in [1.29, 1.82) is 0 Å². The van der Waals surface area contributed by atoms with Crippen LogP contribution >= 0.6 is 0 Å². The van der Waals surface area contributed by atoms with E-state index in [2.05, 4.69) is 0 Å². The summed E-state index contributed by atoms with van der Waals surface area (Å²) >= 11 is 0. The minimum Gasteiger partial charge on any atom is -0.490 e. The number of sulfone groups is 1. The summed E-state index contributed by atoms with van der Waals surface area (Å²) in [4.78, 5) is 28.1. The van der Waals surface area contributed by atoms with Gasteiger partial charge in [-0.25, -0.2) is 8.42 Å². The highest BCUT2D eigenvalue weighted by atomic mass is 32.2. The van der Waals surface area contributed by atoms with Crippen molar-refractivity contribution in [3.8, 4) is 5.75 Å². The van der Waals surface area contributed by atoms with Crippen molar-refractivity contribution in [3.63, 3.8) is 0 Å². The summed E-state index contributed by atoms with van der Waals surface area (Å²) in [7, 11) is -3.56. The molecule has 2 aromatic carbocycles. The maximum Gasteiger partial charge on any atom is 0.417 e. The maximum absolute atomic E-state index is 13.5. The predicted octanol–water partition coefficient (Wildman–Crippen LogP) is 4.06. The van der Waals surface area contributed by atoms with Crippen molar-refractivity contribution in [1.82, 2.24) is 4.90 Å². The van der Waals surface area contributed by atoms with E-state index in [-0.39, 0.29) is 48.5 Å². The van der Waals surface area contributed by atoms with Gasteiger partial charge in [0.05, 0.1) is 22.1 Å². The van der Waals surface area contributed by atoms with E-state index in [1.165, 1.54) is 35.2 Å². The first-order valence-corrected chi connectivity index (χ1v) is 12.8. The van der Waals surface area contributed by atoms with E-state index in [1.54, 1.807) is 18.7 Å². The van der Waals surface area contributed by atoms with Crippen LogP contribution in [0.3, 0.4) is 0 Å². The monoisotopic (exact) mass is 512 g/mol. The van der Waals surface area contributed by atoms with Crippen molar-refractivity contribution in [2.24, 2.45) is 0 Å². The predicted molar refractivity (Wildman–Crippen MR) is 125 cm³/mol. The largest absolute Gasteiger partial charge is 0.490 e. The quantitative estimate of drug-likeness (QED) is 0.543. The zero-order chi connectivity index (χ0) is 26.1. The summed E-state index contributed by atoms with van der Waals surface area (Å²) < 4.78 is 70.2. The van der Waals surface area contributed by atoms with Gasteiger partial charge in [0.15, 0.2) is 15.6 Å². The number of Topliss-reactive ketones (excluding diaryl/α,β-unsaturated/α-hetero) is 1. The number of carbonyl (C=O) groups excluding carboxylic acids is 2. The van der Waals surface area contributed by atoms with Crippen LogP contribution in [0.5, 0.6) is 5.75 Å². The molecule has 0 N–H and O–H groups in total. The zero-order valence-corrected chi connectivity index (χ0v) is 20.7. The van der Waals surface area contributed by atoms with Crippen LogP contribution in [0, 0.1) is 0 Å². The standard InChI is InChI=1S/C24H27F3N2O5S/c1-15(2)34-22-8-6-18(35(4,32)33)14-20(22)23(31)29-11-9-28(10-12-29)17-5-7-19(16(3)30)21(13-17)24(25,26)27/h5-8,13-15H,9-12H2,1-4H3. The highest BCUT2D eigenvalue weighted by Gasteiger charge is 2.35.